The molecule has 0 radical (unpaired) electrons. The van der Waals surface area contributed by atoms with Gasteiger partial charge in [-0.15, -0.1) is 0 Å². The van der Waals surface area contributed by atoms with Crippen LogP contribution in [0.15, 0.2) is 10.5 Å². The van der Waals surface area contributed by atoms with Crippen LogP contribution in [-0.4, -0.2) is 18.2 Å². The SMILES string of the molecule is COc1c(C)cc(Br)c(C)c1C(F)(F)CC(C)(C)C(=O)O. The van der Waals surface area contributed by atoms with Crippen molar-refractivity contribution < 1.29 is 23.4 Å². The molecule has 0 amide bonds. The molecule has 21 heavy (non-hydrogen) atoms. The first-order valence-corrected chi connectivity index (χ1v) is 7.18. The van der Waals surface area contributed by atoms with Gasteiger partial charge in [-0.2, -0.15) is 0 Å². The Bertz CT molecular complexity index is 569. The Morgan fingerprint density at radius 1 is 1.38 bits per heavy atom. The molecule has 1 N–H and O–H groups in total. The summed E-state index contributed by atoms with van der Waals surface area (Å²) in [6.45, 7) is 5.81. The summed E-state index contributed by atoms with van der Waals surface area (Å²) in [5.74, 6) is -4.47. The maximum absolute atomic E-state index is 14.7. The van der Waals surface area contributed by atoms with Crippen molar-refractivity contribution in [1.29, 1.82) is 0 Å². The maximum atomic E-state index is 14.7. The maximum Gasteiger partial charge on any atom is 0.309 e. The molecule has 0 atom stereocenters. The van der Waals surface area contributed by atoms with Crippen LogP contribution in [0.4, 0.5) is 8.78 Å². The van der Waals surface area contributed by atoms with Crippen LogP contribution in [-0.2, 0) is 10.7 Å². The van der Waals surface area contributed by atoms with Gasteiger partial charge >= 0.3 is 5.97 Å². The monoisotopic (exact) mass is 364 g/mol. The molecule has 1 aromatic carbocycles. The summed E-state index contributed by atoms with van der Waals surface area (Å²) in [5.41, 5.74) is -0.885. The number of hydrogen-bond donors (Lipinski definition) is 1. The van der Waals surface area contributed by atoms with Crippen molar-refractivity contribution in [1.82, 2.24) is 0 Å². The molecule has 0 spiro atoms. The standard InChI is InChI=1S/C15H19BrF2O3/c1-8-6-10(16)9(2)11(12(8)21-5)15(17,18)7-14(3,4)13(19)20/h6H,7H2,1-5H3,(H,19,20). The smallest absolute Gasteiger partial charge is 0.309 e. The minimum Gasteiger partial charge on any atom is -0.496 e. The van der Waals surface area contributed by atoms with Gasteiger partial charge < -0.3 is 9.84 Å². The molecule has 0 bridgehead atoms. The fourth-order valence-corrected chi connectivity index (χ4v) is 2.81. The molecule has 118 valence electrons. The second kappa shape index (κ2) is 5.91. The van der Waals surface area contributed by atoms with E-state index in [4.69, 9.17) is 9.84 Å². The normalized spacial score (nSPS) is 12.4. The van der Waals surface area contributed by atoms with Crippen molar-refractivity contribution in [3.8, 4) is 5.75 Å². The molecular formula is C15H19BrF2O3. The highest BCUT2D eigenvalue weighted by Gasteiger charge is 2.45. The van der Waals surface area contributed by atoms with E-state index in [2.05, 4.69) is 15.9 Å². The lowest BCUT2D eigenvalue weighted by Crippen LogP contribution is -2.32. The summed E-state index contributed by atoms with van der Waals surface area (Å²) < 4.78 is 35.1. The molecular weight excluding hydrogens is 346 g/mol. The van der Waals surface area contributed by atoms with E-state index in [1.165, 1.54) is 21.0 Å². The molecule has 0 unspecified atom stereocenters. The van der Waals surface area contributed by atoms with Crippen molar-refractivity contribution in [2.24, 2.45) is 5.41 Å². The Morgan fingerprint density at radius 3 is 2.33 bits per heavy atom. The zero-order valence-corrected chi connectivity index (χ0v) is 14.3. The summed E-state index contributed by atoms with van der Waals surface area (Å²) in [5, 5.41) is 9.08. The fraction of sp³-hybridized carbons (Fsp3) is 0.533. The highest BCUT2D eigenvalue weighted by atomic mass is 79.9. The minimum atomic E-state index is -3.31. The van der Waals surface area contributed by atoms with Crippen molar-refractivity contribution in [3.05, 3.63) is 27.2 Å². The Morgan fingerprint density at radius 2 is 1.90 bits per heavy atom. The van der Waals surface area contributed by atoms with Gasteiger partial charge in [-0.1, -0.05) is 15.9 Å². The fourth-order valence-electron chi connectivity index (χ4n) is 2.27. The molecule has 0 aliphatic rings. The van der Waals surface area contributed by atoms with E-state index >= 15 is 0 Å². The van der Waals surface area contributed by atoms with Gasteiger partial charge in [0.25, 0.3) is 5.92 Å². The lowest BCUT2D eigenvalue weighted by Gasteiger charge is -2.29. The van der Waals surface area contributed by atoms with Crippen LogP contribution in [0.1, 0.15) is 37.0 Å². The third-order valence-corrected chi connectivity index (χ3v) is 4.30. The van der Waals surface area contributed by atoms with Crippen molar-refractivity contribution in [2.45, 2.75) is 40.0 Å². The number of carboxylic acid groups (broad SMARTS) is 1. The first kappa shape index (κ1) is 17.9. The minimum absolute atomic E-state index is 0.0990. The van der Waals surface area contributed by atoms with Crippen LogP contribution >= 0.6 is 15.9 Å². The zero-order chi connectivity index (χ0) is 16.6. The second-order valence-corrected chi connectivity index (χ2v) is 6.63. The number of halogens is 3. The molecule has 3 nitrogen and oxygen atoms in total. The number of carboxylic acids is 1. The molecule has 6 heteroatoms. The Hall–Kier alpha value is -1.17. The van der Waals surface area contributed by atoms with Crippen LogP contribution in [0.5, 0.6) is 5.75 Å². The average molecular weight is 365 g/mol. The van der Waals surface area contributed by atoms with Gasteiger partial charge in [-0.25, -0.2) is 8.78 Å². The topological polar surface area (TPSA) is 46.5 Å². The van der Waals surface area contributed by atoms with Crippen molar-refractivity contribution in [2.75, 3.05) is 7.11 Å². The number of carbonyl (C=O) groups is 1. The summed E-state index contributed by atoms with van der Waals surface area (Å²) >= 11 is 3.26. The predicted octanol–water partition coefficient (Wildman–Crippen LogP) is 4.67. The lowest BCUT2D eigenvalue weighted by atomic mass is 9.82. The van der Waals surface area contributed by atoms with E-state index < -0.39 is 23.7 Å². The molecule has 0 saturated heterocycles. The van der Waals surface area contributed by atoms with Crippen LogP contribution in [0.3, 0.4) is 0 Å². The summed E-state index contributed by atoms with van der Waals surface area (Å²) in [4.78, 5) is 11.1. The quantitative estimate of drug-likeness (QED) is 0.825. The highest BCUT2D eigenvalue weighted by Crippen LogP contribution is 2.47. The molecule has 0 aliphatic carbocycles. The Kier molecular flexibility index (Phi) is 5.03. The average Bonchev–Trinajstić information content (AvgIpc) is 2.31. The molecule has 0 heterocycles. The summed E-state index contributed by atoms with van der Waals surface area (Å²) in [7, 11) is 1.33. The number of ether oxygens (including phenoxy) is 1. The molecule has 0 saturated carbocycles. The Balaban J connectivity index is 3.47. The van der Waals surface area contributed by atoms with E-state index in [9.17, 15) is 13.6 Å². The first-order valence-electron chi connectivity index (χ1n) is 6.39. The van der Waals surface area contributed by atoms with Crippen molar-refractivity contribution >= 4 is 21.9 Å². The number of benzene rings is 1. The highest BCUT2D eigenvalue weighted by molar-refractivity contribution is 9.10. The molecule has 0 fully saturated rings. The molecule has 1 rings (SSSR count). The van der Waals surface area contributed by atoms with E-state index in [1.54, 1.807) is 19.9 Å². The third-order valence-electron chi connectivity index (χ3n) is 3.47. The van der Waals surface area contributed by atoms with Crippen LogP contribution in [0, 0.1) is 19.3 Å². The summed E-state index contributed by atoms with van der Waals surface area (Å²) in [6, 6.07) is 1.70. The Labute approximate surface area is 131 Å². The van der Waals surface area contributed by atoms with Crippen LogP contribution < -0.4 is 4.74 Å². The van der Waals surface area contributed by atoms with Crippen molar-refractivity contribution in [3.63, 3.8) is 0 Å². The number of aliphatic carboxylic acids is 1. The predicted molar refractivity (Wildman–Crippen MR) is 80.1 cm³/mol. The molecule has 1 aromatic rings. The van der Waals surface area contributed by atoms with E-state index in [0.717, 1.165) is 0 Å². The largest absolute Gasteiger partial charge is 0.496 e. The van der Waals surface area contributed by atoms with Gasteiger partial charge in [-0.3, -0.25) is 4.79 Å². The van der Waals surface area contributed by atoms with E-state index in [-0.39, 0.29) is 11.3 Å². The number of alkyl halides is 2. The van der Waals surface area contributed by atoms with Gasteiger partial charge in [0.15, 0.2) is 0 Å². The molecule has 0 aromatic heterocycles. The number of hydrogen-bond acceptors (Lipinski definition) is 2. The lowest BCUT2D eigenvalue weighted by molar-refractivity contribution is -0.153. The number of rotatable bonds is 5. The van der Waals surface area contributed by atoms with Crippen LogP contribution in [0.2, 0.25) is 0 Å². The zero-order valence-electron chi connectivity index (χ0n) is 12.7. The summed E-state index contributed by atoms with van der Waals surface area (Å²) in [6.07, 6.45) is -0.803. The number of aryl methyl sites for hydroxylation is 1. The van der Waals surface area contributed by atoms with Gasteiger partial charge in [0.2, 0.25) is 0 Å². The number of methoxy groups -OCH3 is 1. The van der Waals surface area contributed by atoms with E-state index in [0.29, 0.717) is 15.6 Å². The second-order valence-electron chi connectivity index (χ2n) is 5.78. The molecule has 0 aliphatic heterocycles. The first-order chi connectivity index (χ1) is 9.44. The van der Waals surface area contributed by atoms with Crippen LogP contribution in [0.25, 0.3) is 0 Å². The van der Waals surface area contributed by atoms with E-state index in [1.807, 2.05) is 0 Å². The van der Waals surface area contributed by atoms with Gasteiger partial charge in [0.1, 0.15) is 5.75 Å². The van der Waals surface area contributed by atoms with Gasteiger partial charge in [-0.05, 0) is 44.9 Å². The van der Waals surface area contributed by atoms with Gasteiger partial charge in [0.05, 0.1) is 18.1 Å². The van der Waals surface area contributed by atoms with Gasteiger partial charge in [0, 0.05) is 10.9 Å². The third kappa shape index (κ3) is 3.54.